The highest BCUT2D eigenvalue weighted by Crippen LogP contribution is 2.28. The Morgan fingerprint density at radius 2 is 1.88 bits per heavy atom. The Morgan fingerprint density at radius 1 is 1.17 bits per heavy atom. The molecule has 0 saturated carbocycles. The summed E-state index contributed by atoms with van der Waals surface area (Å²) in [6.07, 6.45) is 2.41. The average molecular weight is 351 g/mol. The fourth-order valence-electron chi connectivity index (χ4n) is 2.41. The van der Waals surface area contributed by atoms with Crippen LogP contribution >= 0.6 is 11.6 Å². The number of carbonyl (C=O) groups is 1. The first-order valence-electron chi connectivity index (χ1n) is 8.03. The molecule has 1 aromatic heterocycles. The standard InChI is InChI=1S/C18H23ClN2O3/c1-4-23-16-7-6-13(10-17(16)24-5-2)8-9-20-18(22)15-11-14(19)12-21(15)3/h6-7,10-12H,4-5,8-9H2,1-3H3,(H,20,22). The summed E-state index contributed by atoms with van der Waals surface area (Å²) >= 11 is 5.90. The maximum Gasteiger partial charge on any atom is 0.267 e. The molecule has 0 aliphatic rings. The van der Waals surface area contributed by atoms with Gasteiger partial charge >= 0.3 is 0 Å². The van der Waals surface area contributed by atoms with Crippen molar-refractivity contribution < 1.29 is 14.3 Å². The SMILES string of the molecule is CCOc1ccc(CCNC(=O)c2cc(Cl)cn2C)cc1OCC. The third kappa shape index (κ3) is 4.68. The number of halogens is 1. The summed E-state index contributed by atoms with van der Waals surface area (Å²) < 4.78 is 12.9. The van der Waals surface area contributed by atoms with E-state index in [9.17, 15) is 4.79 Å². The van der Waals surface area contributed by atoms with Gasteiger partial charge in [-0.1, -0.05) is 17.7 Å². The van der Waals surface area contributed by atoms with Crippen LogP contribution in [0.2, 0.25) is 5.02 Å². The molecular weight excluding hydrogens is 328 g/mol. The number of benzene rings is 1. The van der Waals surface area contributed by atoms with E-state index in [0.29, 0.717) is 36.9 Å². The van der Waals surface area contributed by atoms with Crippen molar-refractivity contribution in [2.45, 2.75) is 20.3 Å². The molecule has 1 heterocycles. The lowest BCUT2D eigenvalue weighted by molar-refractivity contribution is 0.0946. The third-order valence-electron chi connectivity index (χ3n) is 3.51. The molecule has 0 radical (unpaired) electrons. The number of aryl methyl sites for hydroxylation is 1. The zero-order chi connectivity index (χ0) is 17.5. The highest BCUT2D eigenvalue weighted by molar-refractivity contribution is 6.31. The van der Waals surface area contributed by atoms with E-state index in [4.69, 9.17) is 21.1 Å². The van der Waals surface area contributed by atoms with Crippen LogP contribution in [-0.2, 0) is 13.5 Å². The lowest BCUT2D eigenvalue weighted by Crippen LogP contribution is -2.27. The van der Waals surface area contributed by atoms with Gasteiger partial charge in [-0.2, -0.15) is 0 Å². The number of hydrogen-bond donors (Lipinski definition) is 1. The summed E-state index contributed by atoms with van der Waals surface area (Å²) in [7, 11) is 1.79. The predicted octanol–water partition coefficient (Wildman–Crippen LogP) is 3.45. The van der Waals surface area contributed by atoms with E-state index in [2.05, 4.69) is 5.32 Å². The van der Waals surface area contributed by atoms with Crippen molar-refractivity contribution in [1.82, 2.24) is 9.88 Å². The van der Waals surface area contributed by atoms with E-state index in [1.807, 2.05) is 32.0 Å². The van der Waals surface area contributed by atoms with Crippen LogP contribution in [0.1, 0.15) is 29.9 Å². The van der Waals surface area contributed by atoms with Crippen LogP contribution in [-0.4, -0.2) is 30.2 Å². The Kier molecular flexibility index (Phi) is 6.55. The fourth-order valence-corrected chi connectivity index (χ4v) is 2.66. The predicted molar refractivity (Wildman–Crippen MR) is 95.2 cm³/mol. The lowest BCUT2D eigenvalue weighted by atomic mass is 10.1. The van der Waals surface area contributed by atoms with E-state index < -0.39 is 0 Å². The second kappa shape index (κ2) is 8.64. The van der Waals surface area contributed by atoms with E-state index in [0.717, 1.165) is 17.1 Å². The third-order valence-corrected chi connectivity index (χ3v) is 3.72. The summed E-state index contributed by atoms with van der Waals surface area (Å²) in [5.74, 6) is 1.34. The minimum absolute atomic E-state index is 0.139. The molecule has 0 spiro atoms. The topological polar surface area (TPSA) is 52.5 Å². The summed E-state index contributed by atoms with van der Waals surface area (Å²) in [6.45, 7) is 5.58. The van der Waals surface area contributed by atoms with Gasteiger partial charge in [-0.3, -0.25) is 4.79 Å². The van der Waals surface area contributed by atoms with E-state index in [-0.39, 0.29) is 5.91 Å². The smallest absolute Gasteiger partial charge is 0.267 e. The summed E-state index contributed by atoms with van der Waals surface area (Å²) in [5.41, 5.74) is 1.62. The molecule has 0 saturated heterocycles. The molecule has 1 amide bonds. The van der Waals surface area contributed by atoms with Crippen molar-refractivity contribution in [2.24, 2.45) is 7.05 Å². The van der Waals surface area contributed by atoms with Gasteiger partial charge in [0.25, 0.3) is 5.91 Å². The number of rotatable bonds is 8. The quantitative estimate of drug-likeness (QED) is 0.793. The Morgan fingerprint density at radius 3 is 2.50 bits per heavy atom. The summed E-state index contributed by atoms with van der Waals surface area (Å²) in [4.78, 5) is 12.1. The van der Waals surface area contributed by atoms with Crippen LogP contribution in [0.4, 0.5) is 0 Å². The number of ether oxygens (including phenoxy) is 2. The van der Waals surface area contributed by atoms with Crippen LogP contribution in [0.25, 0.3) is 0 Å². The van der Waals surface area contributed by atoms with E-state index in [1.54, 1.807) is 23.9 Å². The van der Waals surface area contributed by atoms with Crippen molar-refractivity contribution in [3.05, 3.63) is 46.7 Å². The van der Waals surface area contributed by atoms with Gasteiger partial charge in [0, 0.05) is 19.8 Å². The Labute approximate surface area is 147 Å². The van der Waals surface area contributed by atoms with Crippen LogP contribution in [0.15, 0.2) is 30.5 Å². The number of carbonyl (C=O) groups excluding carboxylic acids is 1. The van der Waals surface area contributed by atoms with Crippen molar-refractivity contribution in [1.29, 1.82) is 0 Å². The average Bonchev–Trinajstić information content (AvgIpc) is 2.89. The van der Waals surface area contributed by atoms with Crippen molar-refractivity contribution in [2.75, 3.05) is 19.8 Å². The number of amides is 1. The number of nitrogens with zero attached hydrogens (tertiary/aromatic N) is 1. The molecule has 0 atom stereocenters. The second-order valence-electron chi connectivity index (χ2n) is 5.31. The molecule has 1 N–H and O–H groups in total. The Bertz CT molecular complexity index is 698. The molecule has 130 valence electrons. The van der Waals surface area contributed by atoms with Crippen molar-refractivity contribution >= 4 is 17.5 Å². The molecule has 1 aromatic carbocycles. The van der Waals surface area contributed by atoms with Crippen LogP contribution in [0.5, 0.6) is 11.5 Å². The number of hydrogen-bond acceptors (Lipinski definition) is 3. The first-order chi connectivity index (χ1) is 11.5. The maximum atomic E-state index is 12.1. The molecule has 0 aliphatic heterocycles. The Hall–Kier alpha value is -2.14. The molecule has 0 aliphatic carbocycles. The molecule has 2 aromatic rings. The zero-order valence-corrected chi connectivity index (χ0v) is 15.0. The molecule has 6 heteroatoms. The van der Waals surface area contributed by atoms with Gasteiger partial charge in [0.1, 0.15) is 5.69 Å². The van der Waals surface area contributed by atoms with Gasteiger partial charge in [-0.25, -0.2) is 0 Å². The van der Waals surface area contributed by atoms with E-state index in [1.165, 1.54) is 0 Å². The Balaban J connectivity index is 1.95. The molecular formula is C18H23ClN2O3. The molecule has 0 unspecified atom stereocenters. The summed E-state index contributed by atoms with van der Waals surface area (Å²) in [5, 5.41) is 3.45. The van der Waals surface area contributed by atoms with Crippen molar-refractivity contribution in [3.8, 4) is 11.5 Å². The highest BCUT2D eigenvalue weighted by atomic mass is 35.5. The highest BCUT2D eigenvalue weighted by Gasteiger charge is 2.11. The van der Waals surface area contributed by atoms with Crippen LogP contribution in [0, 0.1) is 0 Å². The van der Waals surface area contributed by atoms with Crippen LogP contribution < -0.4 is 14.8 Å². The van der Waals surface area contributed by atoms with Gasteiger partial charge in [-0.15, -0.1) is 0 Å². The molecule has 5 nitrogen and oxygen atoms in total. The lowest BCUT2D eigenvalue weighted by Gasteiger charge is -2.12. The number of aromatic nitrogens is 1. The normalized spacial score (nSPS) is 10.5. The first-order valence-corrected chi connectivity index (χ1v) is 8.41. The second-order valence-corrected chi connectivity index (χ2v) is 5.74. The van der Waals surface area contributed by atoms with Gasteiger partial charge in [-0.05, 0) is 44.0 Å². The maximum absolute atomic E-state index is 12.1. The van der Waals surface area contributed by atoms with Gasteiger partial charge in [0.05, 0.1) is 18.2 Å². The van der Waals surface area contributed by atoms with Crippen molar-refractivity contribution in [3.63, 3.8) is 0 Å². The summed E-state index contributed by atoms with van der Waals surface area (Å²) in [6, 6.07) is 7.50. The monoisotopic (exact) mass is 350 g/mol. The van der Waals surface area contributed by atoms with Crippen LogP contribution in [0.3, 0.4) is 0 Å². The fraction of sp³-hybridized carbons (Fsp3) is 0.389. The largest absolute Gasteiger partial charge is 0.490 e. The number of nitrogens with one attached hydrogen (secondary N) is 1. The minimum atomic E-state index is -0.139. The molecule has 0 fully saturated rings. The van der Waals surface area contributed by atoms with E-state index >= 15 is 0 Å². The zero-order valence-electron chi connectivity index (χ0n) is 14.3. The van der Waals surface area contributed by atoms with Gasteiger partial charge < -0.3 is 19.4 Å². The first kappa shape index (κ1) is 18.2. The van der Waals surface area contributed by atoms with Gasteiger partial charge in [0.15, 0.2) is 11.5 Å². The molecule has 24 heavy (non-hydrogen) atoms. The minimum Gasteiger partial charge on any atom is -0.490 e. The molecule has 2 rings (SSSR count). The molecule has 0 bridgehead atoms. The van der Waals surface area contributed by atoms with Gasteiger partial charge in [0.2, 0.25) is 0 Å².